The number of halogens is 6. The van der Waals surface area contributed by atoms with Gasteiger partial charge in [0.2, 0.25) is 5.91 Å². The monoisotopic (exact) mass is 621 g/mol. The molecule has 2 aromatic heterocycles. The van der Waals surface area contributed by atoms with Crippen molar-refractivity contribution < 1.29 is 50.9 Å². The van der Waals surface area contributed by atoms with Crippen LogP contribution in [-0.4, -0.2) is 90.4 Å². The number of hydrogen-bond donors (Lipinski definition) is 2. The Morgan fingerprint density at radius 1 is 1.05 bits per heavy atom. The van der Waals surface area contributed by atoms with Gasteiger partial charge >= 0.3 is 24.3 Å². The maximum absolute atomic E-state index is 13.8. The number of nitrogens with zero attached hydrogens (tertiary/aromatic N) is 5. The quantitative estimate of drug-likeness (QED) is 0.468. The molecule has 4 heterocycles. The van der Waals surface area contributed by atoms with Crippen molar-refractivity contribution in [1.82, 2.24) is 24.3 Å². The fraction of sp³-hybridized carbons (Fsp3) is 0.593. The van der Waals surface area contributed by atoms with Crippen LogP contribution in [0.3, 0.4) is 0 Å². The number of imidazole rings is 1. The molecular weight excluding hydrogens is 588 g/mol. The zero-order chi connectivity index (χ0) is 32.2. The summed E-state index contributed by atoms with van der Waals surface area (Å²) in [6.45, 7) is 7.72. The van der Waals surface area contributed by atoms with Gasteiger partial charge in [0.15, 0.2) is 0 Å². The molecule has 5 rings (SSSR count). The lowest BCUT2D eigenvalue weighted by molar-refractivity contribution is -0.193. The van der Waals surface area contributed by atoms with Gasteiger partial charge in [-0.3, -0.25) is 14.7 Å². The standard InChI is InChI=1S/C23H31N5O.2C2HF3O2/c1-17(2)28-14-21(25-16-28)20-13-27(19-4-3-5-19)15-23(20)8-11-26(22(23)29)12-18-6-9-24-10-7-18;2*3-2(4,5)1(6)7/h6-7,9-10,14,16-17,19-20H,3-5,8,11-13,15H2,1-2H3;2*(H,6,7). The van der Waals surface area contributed by atoms with Crippen LogP contribution >= 0.6 is 0 Å². The number of pyridine rings is 1. The van der Waals surface area contributed by atoms with Crippen molar-refractivity contribution in [3.05, 3.63) is 48.3 Å². The van der Waals surface area contributed by atoms with E-state index in [-0.39, 0.29) is 11.3 Å². The number of hydrogen-bond acceptors (Lipinski definition) is 6. The number of carbonyl (C=O) groups is 3. The van der Waals surface area contributed by atoms with Crippen LogP contribution in [0.1, 0.15) is 62.7 Å². The molecule has 43 heavy (non-hydrogen) atoms. The van der Waals surface area contributed by atoms with Gasteiger partial charge in [0.25, 0.3) is 0 Å². The van der Waals surface area contributed by atoms with Crippen LogP contribution in [0.5, 0.6) is 0 Å². The zero-order valence-electron chi connectivity index (χ0n) is 23.5. The van der Waals surface area contributed by atoms with Gasteiger partial charge in [-0.05, 0) is 50.8 Å². The Hall–Kier alpha value is -3.69. The van der Waals surface area contributed by atoms with Crippen LogP contribution in [0.25, 0.3) is 0 Å². The van der Waals surface area contributed by atoms with Crippen LogP contribution < -0.4 is 0 Å². The first-order valence-electron chi connectivity index (χ1n) is 13.5. The first-order valence-corrected chi connectivity index (χ1v) is 13.5. The number of carbonyl (C=O) groups excluding carboxylic acids is 1. The summed E-state index contributed by atoms with van der Waals surface area (Å²) < 4.78 is 65.6. The van der Waals surface area contributed by atoms with Gasteiger partial charge in [-0.15, -0.1) is 0 Å². The lowest BCUT2D eigenvalue weighted by Crippen LogP contribution is -2.42. The minimum atomic E-state index is -5.08. The van der Waals surface area contributed by atoms with Gasteiger partial charge in [-0.1, -0.05) is 6.42 Å². The van der Waals surface area contributed by atoms with Gasteiger partial charge in [-0.2, -0.15) is 26.3 Å². The molecule has 1 aliphatic carbocycles. The summed E-state index contributed by atoms with van der Waals surface area (Å²) in [6, 6.07) is 5.06. The normalized spacial score (nSPS) is 22.6. The summed E-state index contributed by atoms with van der Waals surface area (Å²) in [6.07, 6.45) is 2.37. The molecule has 3 fully saturated rings. The molecule has 1 spiro atoms. The number of rotatable bonds is 5. The lowest BCUT2D eigenvalue weighted by atomic mass is 9.75. The van der Waals surface area contributed by atoms with E-state index in [9.17, 15) is 31.1 Å². The van der Waals surface area contributed by atoms with E-state index < -0.39 is 24.3 Å². The highest BCUT2D eigenvalue weighted by Gasteiger charge is 2.58. The third-order valence-electron chi connectivity index (χ3n) is 7.88. The summed E-state index contributed by atoms with van der Waals surface area (Å²) in [5.41, 5.74) is 1.93. The molecule has 2 atom stereocenters. The number of aliphatic carboxylic acids is 2. The van der Waals surface area contributed by atoms with Crippen LogP contribution in [0.2, 0.25) is 0 Å². The molecule has 3 aliphatic rings. The number of carboxylic acids is 2. The van der Waals surface area contributed by atoms with E-state index in [1.54, 1.807) is 12.4 Å². The second-order valence-electron chi connectivity index (χ2n) is 11.0. The first kappa shape index (κ1) is 33.8. The van der Waals surface area contributed by atoms with E-state index in [0.717, 1.165) is 37.3 Å². The summed E-state index contributed by atoms with van der Waals surface area (Å²) in [5, 5.41) is 14.2. The van der Waals surface area contributed by atoms with Crippen LogP contribution in [0, 0.1) is 5.41 Å². The average Bonchev–Trinajstić information content (AvgIpc) is 3.58. The molecule has 1 amide bonds. The van der Waals surface area contributed by atoms with E-state index in [4.69, 9.17) is 24.8 Å². The fourth-order valence-electron chi connectivity index (χ4n) is 5.36. The van der Waals surface area contributed by atoms with E-state index in [1.165, 1.54) is 19.3 Å². The Kier molecular flexibility index (Phi) is 10.5. The molecule has 2 aliphatic heterocycles. The molecule has 0 radical (unpaired) electrons. The molecule has 2 saturated heterocycles. The van der Waals surface area contributed by atoms with E-state index in [0.29, 0.717) is 24.5 Å². The minimum Gasteiger partial charge on any atom is -0.475 e. The molecule has 2 aromatic rings. The molecule has 10 nitrogen and oxygen atoms in total. The topological polar surface area (TPSA) is 129 Å². The van der Waals surface area contributed by atoms with Crippen molar-refractivity contribution in [3.8, 4) is 0 Å². The van der Waals surface area contributed by atoms with Gasteiger partial charge in [0, 0.05) is 62.8 Å². The maximum Gasteiger partial charge on any atom is 0.490 e. The first-order chi connectivity index (χ1) is 20.0. The van der Waals surface area contributed by atoms with Crippen LogP contribution in [0.4, 0.5) is 26.3 Å². The molecule has 0 bridgehead atoms. The molecule has 238 valence electrons. The van der Waals surface area contributed by atoms with Gasteiger partial charge in [0.1, 0.15) is 0 Å². The Morgan fingerprint density at radius 2 is 1.60 bits per heavy atom. The summed E-state index contributed by atoms with van der Waals surface area (Å²) in [4.78, 5) is 45.1. The van der Waals surface area contributed by atoms with E-state index >= 15 is 0 Å². The maximum atomic E-state index is 13.8. The van der Waals surface area contributed by atoms with Crippen molar-refractivity contribution in [1.29, 1.82) is 0 Å². The molecule has 0 aromatic carbocycles. The number of likely N-dealkylation sites (tertiary alicyclic amines) is 2. The zero-order valence-corrected chi connectivity index (χ0v) is 23.5. The number of amides is 1. The van der Waals surface area contributed by atoms with Crippen LogP contribution in [-0.2, 0) is 20.9 Å². The highest BCUT2D eigenvalue weighted by molar-refractivity contribution is 5.87. The van der Waals surface area contributed by atoms with Gasteiger partial charge < -0.3 is 19.7 Å². The second kappa shape index (κ2) is 13.3. The SMILES string of the molecule is CC(C)n1cnc(C2CN(C3CCC3)CC23CCN(Cc2ccncc2)C3=O)c1.O=C(O)C(F)(F)F.O=C(O)C(F)(F)F. The molecule has 2 unspecified atom stereocenters. The predicted octanol–water partition coefficient (Wildman–Crippen LogP) is 4.50. The summed E-state index contributed by atoms with van der Waals surface area (Å²) >= 11 is 0. The fourth-order valence-corrected chi connectivity index (χ4v) is 5.36. The summed E-state index contributed by atoms with van der Waals surface area (Å²) in [7, 11) is 0. The highest BCUT2D eigenvalue weighted by Crippen LogP contribution is 2.51. The Labute approximate surface area is 243 Å². The summed E-state index contributed by atoms with van der Waals surface area (Å²) in [5.74, 6) is -5.00. The number of alkyl halides is 6. The average molecular weight is 622 g/mol. The Bertz CT molecular complexity index is 1240. The minimum absolute atomic E-state index is 0.193. The molecular formula is C27H33F6N5O5. The third kappa shape index (κ3) is 8.24. The molecule has 2 N–H and O–H groups in total. The Balaban J connectivity index is 0.000000303. The van der Waals surface area contributed by atoms with E-state index in [1.807, 2.05) is 18.5 Å². The van der Waals surface area contributed by atoms with Crippen molar-refractivity contribution in [2.45, 2.75) is 76.4 Å². The largest absolute Gasteiger partial charge is 0.490 e. The van der Waals surface area contributed by atoms with Crippen molar-refractivity contribution >= 4 is 17.8 Å². The van der Waals surface area contributed by atoms with Crippen molar-refractivity contribution in [3.63, 3.8) is 0 Å². The lowest BCUT2D eigenvalue weighted by Gasteiger charge is -2.35. The smallest absolute Gasteiger partial charge is 0.475 e. The molecule has 1 saturated carbocycles. The predicted molar refractivity (Wildman–Crippen MR) is 139 cm³/mol. The molecule has 16 heteroatoms. The Morgan fingerprint density at radius 3 is 2.05 bits per heavy atom. The number of aromatic nitrogens is 3. The van der Waals surface area contributed by atoms with Gasteiger partial charge in [-0.25, -0.2) is 14.6 Å². The third-order valence-corrected chi connectivity index (χ3v) is 7.88. The second-order valence-corrected chi connectivity index (χ2v) is 11.0. The highest BCUT2D eigenvalue weighted by atomic mass is 19.4. The van der Waals surface area contributed by atoms with Crippen LogP contribution in [0.15, 0.2) is 37.1 Å². The van der Waals surface area contributed by atoms with E-state index in [2.05, 4.69) is 39.4 Å². The van der Waals surface area contributed by atoms with Gasteiger partial charge in [0.05, 0.1) is 17.4 Å². The van der Waals surface area contributed by atoms with Crippen molar-refractivity contribution in [2.75, 3.05) is 19.6 Å². The number of carboxylic acid groups (broad SMARTS) is 2. The van der Waals surface area contributed by atoms with Crippen molar-refractivity contribution in [2.24, 2.45) is 5.41 Å².